The molecule has 2 aliphatic rings. The van der Waals surface area contributed by atoms with E-state index < -0.39 is 6.09 Å². The van der Waals surface area contributed by atoms with Gasteiger partial charge in [0.2, 0.25) is 0 Å². The zero-order valence-corrected chi connectivity index (χ0v) is 15.3. The number of cyclic esters (lactones) is 1. The Morgan fingerprint density at radius 3 is 2.81 bits per heavy atom. The molecule has 1 aromatic rings. The number of nitrogens with zero attached hydrogens (tertiary/aromatic N) is 2. The van der Waals surface area contributed by atoms with E-state index in [1.807, 2.05) is 4.90 Å². The largest absolute Gasteiger partial charge is 0.474 e. The zero-order valence-electron chi connectivity index (χ0n) is 14.5. The molecule has 26 heavy (non-hydrogen) atoms. The van der Waals surface area contributed by atoms with Gasteiger partial charge in [-0.3, -0.25) is 15.8 Å². The van der Waals surface area contributed by atoms with Crippen LogP contribution in [0.25, 0.3) is 0 Å². The minimum Gasteiger partial charge on any atom is -0.474 e. The van der Waals surface area contributed by atoms with E-state index in [-0.39, 0.29) is 17.1 Å². The molecule has 3 N–H and O–H groups in total. The Morgan fingerprint density at radius 1 is 1.42 bits per heavy atom. The monoisotopic (exact) mass is 383 g/mol. The van der Waals surface area contributed by atoms with E-state index in [4.69, 9.17) is 21.7 Å². The lowest BCUT2D eigenvalue weighted by atomic mass is 10.2. The summed E-state index contributed by atoms with van der Waals surface area (Å²) >= 11 is 4.89. The third-order valence-electron chi connectivity index (χ3n) is 4.26. The van der Waals surface area contributed by atoms with Gasteiger partial charge in [0.05, 0.1) is 31.6 Å². The van der Waals surface area contributed by atoms with Gasteiger partial charge in [0, 0.05) is 26.2 Å². The fourth-order valence-corrected chi connectivity index (χ4v) is 3.02. The number of hydrogen-bond donors (Lipinski definition) is 3. The standard InChI is InChI=1S/C16H22FN5O3S/c1-24-15(26)18-9-12-10-22(16(23)25-12)11-2-3-14(13(17)8-11)21-6-4-19-20-5-7-21/h2-3,8,12,19-20H,4-7,9-10H2,1H3,(H,18,26)/t12-/m0/s1. The van der Waals surface area contributed by atoms with Crippen molar-refractivity contribution in [2.75, 3.05) is 56.2 Å². The third-order valence-corrected chi connectivity index (χ3v) is 4.57. The van der Waals surface area contributed by atoms with Gasteiger partial charge in [-0.1, -0.05) is 0 Å². The lowest BCUT2D eigenvalue weighted by Gasteiger charge is -2.23. The molecule has 2 fully saturated rings. The predicted octanol–water partition coefficient (Wildman–Crippen LogP) is 0.586. The lowest BCUT2D eigenvalue weighted by Crippen LogP contribution is -2.34. The highest BCUT2D eigenvalue weighted by Crippen LogP contribution is 2.27. The number of thiocarbonyl (C=S) groups is 1. The van der Waals surface area contributed by atoms with E-state index in [1.165, 1.54) is 18.1 Å². The van der Waals surface area contributed by atoms with Crippen LogP contribution >= 0.6 is 12.2 Å². The Labute approximate surface area is 156 Å². The first-order chi connectivity index (χ1) is 12.6. The molecule has 0 saturated carbocycles. The first-order valence-electron chi connectivity index (χ1n) is 8.38. The summed E-state index contributed by atoms with van der Waals surface area (Å²) in [6.07, 6.45) is -0.892. The second-order valence-electron chi connectivity index (χ2n) is 5.97. The number of hydrazine groups is 1. The minimum absolute atomic E-state index is 0.233. The SMILES string of the molecule is COC(=S)NC[C@H]1CN(c2ccc(N3CCNNCC3)c(F)c2)C(=O)O1. The van der Waals surface area contributed by atoms with E-state index in [1.54, 1.807) is 12.1 Å². The zero-order chi connectivity index (χ0) is 18.5. The van der Waals surface area contributed by atoms with E-state index in [9.17, 15) is 9.18 Å². The molecule has 0 unspecified atom stereocenters. The Morgan fingerprint density at radius 2 is 2.15 bits per heavy atom. The molecule has 1 amide bonds. The van der Waals surface area contributed by atoms with Crippen molar-refractivity contribution in [3.63, 3.8) is 0 Å². The third kappa shape index (κ3) is 4.32. The Bertz CT molecular complexity index is 669. The summed E-state index contributed by atoms with van der Waals surface area (Å²) in [5.41, 5.74) is 7.09. The van der Waals surface area contributed by atoms with Gasteiger partial charge in [0.15, 0.2) is 0 Å². The molecule has 2 aliphatic heterocycles. The molecule has 142 valence electrons. The van der Waals surface area contributed by atoms with Crippen LogP contribution in [0.2, 0.25) is 0 Å². The highest BCUT2D eigenvalue weighted by molar-refractivity contribution is 7.80. The fourth-order valence-electron chi connectivity index (χ4n) is 2.94. The first-order valence-corrected chi connectivity index (χ1v) is 8.79. The number of amides is 1. The molecule has 2 heterocycles. The van der Waals surface area contributed by atoms with E-state index in [0.717, 1.165) is 13.1 Å². The van der Waals surface area contributed by atoms with E-state index >= 15 is 0 Å². The van der Waals surface area contributed by atoms with Crippen molar-refractivity contribution in [3.05, 3.63) is 24.0 Å². The van der Waals surface area contributed by atoms with Gasteiger partial charge in [0.1, 0.15) is 11.9 Å². The van der Waals surface area contributed by atoms with E-state index in [0.29, 0.717) is 37.6 Å². The Balaban J connectivity index is 1.66. The summed E-state index contributed by atoms with van der Waals surface area (Å²) in [4.78, 5) is 15.5. The molecule has 8 nitrogen and oxygen atoms in total. The average molecular weight is 383 g/mol. The highest BCUT2D eigenvalue weighted by atomic mass is 32.1. The number of halogens is 1. The summed E-state index contributed by atoms with van der Waals surface area (Å²) in [6.45, 7) is 3.48. The topological polar surface area (TPSA) is 78.1 Å². The first kappa shape index (κ1) is 18.6. The van der Waals surface area contributed by atoms with Crippen molar-refractivity contribution >= 4 is 34.9 Å². The van der Waals surface area contributed by atoms with Crippen LogP contribution < -0.4 is 26.0 Å². The Hall–Kier alpha value is -2.17. The normalized spacial score (nSPS) is 20.5. The Kier molecular flexibility index (Phi) is 6.07. The number of nitrogens with one attached hydrogen (secondary N) is 3. The lowest BCUT2D eigenvalue weighted by molar-refractivity contribution is 0.142. The van der Waals surface area contributed by atoms with Crippen LogP contribution in [-0.2, 0) is 9.47 Å². The number of hydrogen-bond acceptors (Lipinski definition) is 7. The minimum atomic E-state index is -0.504. The molecular weight excluding hydrogens is 361 g/mol. The molecule has 0 radical (unpaired) electrons. The van der Waals surface area contributed by atoms with Crippen molar-refractivity contribution in [2.45, 2.75) is 6.10 Å². The molecule has 0 spiro atoms. The van der Waals surface area contributed by atoms with E-state index in [2.05, 4.69) is 16.2 Å². The summed E-state index contributed by atoms with van der Waals surface area (Å²) in [5.74, 6) is -0.362. The maximum Gasteiger partial charge on any atom is 0.414 e. The van der Waals surface area contributed by atoms with Gasteiger partial charge >= 0.3 is 6.09 Å². The number of benzene rings is 1. The van der Waals surface area contributed by atoms with Crippen LogP contribution in [0.15, 0.2) is 18.2 Å². The molecule has 1 atom stereocenters. The van der Waals surface area contributed by atoms with Crippen LogP contribution in [0.5, 0.6) is 0 Å². The van der Waals surface area contributed by atoms with Gasteiger partial charge in [0.25, 0.3) is 5.17 Å². The number of anilines is 2. The summed E-state index contributed by atoms with van der Waals surface area (Å²) in [5, 5.41) is 3.08. The van der Waals surface area contributed by atoms with Crippen LogP contribution in [0, 0.1) is 5.82 Å². The van der Waals surface area contributed by atoms with Crippen LogP contribution in [0.1, 0.15) is 0 Å². The molecule has 0 bridgehead atoms. The van der Waals surface area contributed by atoms with Crippen molar-refractivity contribution in [3.8, 4) is 0 Å². The van der Waals surface area contributed by atoms with Crippen LogP contribution in [-0.4, -0.2) is 63.8 Å². The van der Waals surface area contributed by atoms with Crippen molar-refractivity contribution in [1.29, 1.82) is 0 Å². The summed E-state index contributed by atoms with van der Waals surface area (Å²) in [6, 6.07) is 4.81. The van der Waals surface area contributed by atoms with Gasteiger partial charge in [-0.25, -0.2) is 9.18 Å². The van der Waals surface area contributed by atoms with Gasteiger partial charge in [-0.05, 0) is 30.4 Å². The van der Waals surface area contributed by atoms with Gasteiger partial charge in [-0.2, -0.15) is 0 Å². The molecule has 10 heteroatoms. The average Bonchev–Trinajstić information content (AvgIpc) is 2.83. The quantitative estimate of drug-likeness (QED) is 0.652. The second-order valence-corrected chi connectivity index (χ2v) is 6.34. The van der Waals surface area contributed by atoms with Crippen molar-refractivity contribution in [1.82, 2.24) is 16.2 Å². The van der Waals surface area contributed by atoms with Crippen LogP contribution in [0.3, 0.4) is 0 Å². The van der Waals surface area contributed by atoms with Gasteiger partial charge < -0.3 is 19.7 Å². The van der Waals surface area contributed by atoms with Gasteiger partial charge in [-0.15, -0.1) is 0 Å². The number of carbonyl (C=O) groups excluding carboxylic acids is 1. The summed E-state index contributed by atoms with van der Waals surface area (Å²) in [7, 11) is 1.46. The van der Waals surface area contributed by atoms with Crippen molar-refractivity contribution in [2.24, 2.45) is 0 Å². The van der Waals surface area contributed by atoms with Crippen LogP contribution in [0.4, 0.5) is 20.6 Å². The number of rotatable bonds is 4. The second kappa shape index (κ2) is 8.47. The smallest absolute Gasteiger partial charge is 0.414 e. The molecule has 0 aliphatic carbocycles. The number of methoxy groups -OCH3 is 1. The maximum atomic E-state index is 14.6. The molecule has 3 rings (SSSR count). The fraction of sp³-hybridized carbons (Fsp3) is 0.500. The van der Waals surface area contributed by atoms with Crippen molar-refractivity contribution < 1.29 is 18.7 Å². The number of ether oxygens (including phenoxy) is 2. The number of carbonyl (C=O) groups is 1. The molecular formula is C16H22FN5O3S. The molecule has 2 saturated heterocycles. The highest BCUT2D eigenvalue weighted by Gasteiger charge is 2.33. The predicted molar refractivity (Wildman–Crippen MR) is 99.8 cm³/mol. The molecule has 1 aromatic carbocycles. The summed E-state index contributed by atoms with van der Waals surface area (Å²) < 4.78 is 24.8. The molecule has 0 aromatic heterocycles. The maximum absolute atomic E-state index is 14.6.